The summed E-state index contributed by atoms with van der Waals surface area (Å²) in [4.78, 5) is 14.2. The van der Waals surface area contributed by atoms with Crippen molar-refractivity contribution in [2.24, 2.45) is 17.6 Å². The van der Waals surface area contributed by atoms with Crippen LogP contribution in [-0.2, 0) is 6.54 Å². The monoisotopic (exact) mass is 249 g/mol. The molecule has 2 unspecified atom stereocenters. The molecule has 0 spiro atoms. The maximum atomic E-state index is 12.3. The van der Waals surface area contributed by atoms with Crippen molar-refractivity contribution in [2.45, 2.75) is 25.8 Å². The fraction of sp³-hybridized carbons (Fsp3) is 0.750. The highest BCUT2D eigenvalue weighted by molar-refractivity contribution is 5.92. The number of aromatic nitrogens is 3. The van der Waals surface area contributed by atoms with Gasteiger partial charge in [-0.15, -0.1) is 5.10 Å². The molecule has 1 saturated carbocycles. The van der Waals surface area contributed by atoms with E-state index in [0.717, 1.165) is 13.1 Å². The van der Waals surface area contributed by atoms with Crippen LogP contribution in [0.15, 0.2) is 6.20 Å². The van der Waals surface area contributed by atoms with Crippen molar-refractivity contribution in [2.75, 3.05) is 19.6 Å². The molecule has 2 heterocycles. The van der Waals surface area contributed by atoms with Gasteiger partial charge in [0.05, 0.1) is 12.7 Å². The third-order valence-corrected chi connectivity index (χ3v) is 4.13. The Labute approximate surface area is 106 Å². The molecule has 18 heavy (non-hydrogen) atoms. The van der Waals surface area contributed by atoms with Crippen molar-refractivity contribution in [3.8, 4) is 0 Å². The summed E-state index contributed by atoms with van der Waals surface area (Å²) in [6.07, 6.45) is 5.57. The first-order valence-electron chi connectivity index (χ1n) is 6.67. The fourth-order valence-corrected chi connectivity index (χ4v) is 3.20. The Morgan fingerprint density at radius 2 is 2.11 bits per heavy atom. The number of hydrogen-bond acceptors (Lipinski definition) is 4. The Morgan fingerprint density at radius 1 is 1.39 bits per heavy atom. The van der Waals surface area contributed by atoms with Crippen LogP contribution in [0.25, 0.3) is 0 Å². The second-order valence-electron chi connectivity index (χ2n) is 5.32. The van der Waals surface area contributed by atoms with Crippen LogP contribution < -0.4 is 5.73 Å². The van der Waals surface area contributed by atoms with Crippen molar-refractivity contribution in [3.63, 3.8) is 0 Å². The van der Waals surface area contributed by atoms with Crippen molar-refractivity contribution in [1.82, 2.24) is 19.9 Å². The molecular formula is C12H19N5O. The lowest BCUT2D eigenvalue weighted by Gasteiger charge is -2.15. The number of nitrogens with two attached hydrogens (primary N) is 1. The Hall–Kier alpha value is -1.43. The van der Waals surface area contributed by atoms with E-state index in [1.807, 2.05) is 4.90 Å². The van der Waals surface area contributed by atoms with Gasteiger partial charge in [-0.3, -0.25) is 9.48 Å². The maximum absolute atomic E-state index is 12.3. The van der Waals surface area contributed by atoms with Crippen molar-refractivity contribution in [3.05, 3.63) is 11.9 Å². The minimum Gasteiger partial charge on any atom is -0.337 e. The third-order valence-electron chi connectivity index (χ3n) is 4.13. The lowest BCUT2D eigenvalue weighted by atomic mass is 10.0. The standard InChI is InChI=1S/C12H19N5O/c13-4-5-17-8-11(14-15-17)12(18)16-6-9-2-1-3-10(9)7-16/h8-10H,1-7,13H2. The Bertz CT molecular complexity index is 431. The van der Waals surface area contributed by atoms with Gasteiger partial charge >= 0.3 is 0 Å². The predicted molar refractivity (Wildman–Crippen MR) is 65.8 cm³/mol. The van der Waals surface area contributed by atoms with Crippen LogP contribution in [0.5, 0.6) is 0 Å². The van der Waals surface area contributed by atoms with E-state index in [-0.39, 0.29) is 5.91 Å². The van der Waals surface area contributed by atoms with Crippen LogP contribution in [0.1, 0.15) is 29.8 Å². The van der Waals surface area contributed by atoms with Gasteiger partial charge in [0, 0.05) is 19.6 Å². The maximum Gasteiger partial charge on any atom is 0.276 e. The van der Waals surface area contributed by atoms with Gasteiger partial charge in [-0.25, -0.2) is 0 Å². The summed E-state index contributed by atoms with van der Waals surface area (Å²) in [6, 6.07) is 0. The molecule has 1 amide bonds. The second-order valence-corrected chi connectivity index (χ2v) is 5.32. The molecular weight excluding hydrogens is 230 g/mol. The van der Waals surface area contributed by atoms with E-state index in [1.54, 1.807) is 10.9 Å². The van der Waals surface area contributed by atoms with E-state index in [2.05, 4.69) is 10.3 Å². The Kier molecular flexibility index (Phi) is 3.03. The lowest BCUT2D eigenvalue weighted by Crippen LogP contribution is -2.29. The Balaban J connectivity index is 1.67. The molecule has 1 aliphatic heterocycles. The summed E-state index contributed by atoms with van der Waals surface area (Å²) in [5.74, 6) is 1.45. The van der Waals surface area contributed by atoms with Gasteiger partial charge in [-0.2, -0.15) is 0 Å². The first-order valence-corrected chi connectivity index (χ1v) is 6.67. The van der Waals surface area contributed by atoms with E-state index in [0.29, 0.717) is 30.6 Å². The molecule has 2 atom stereocenters. The van der Waals surface area contributed by atoms with Gasteiger partial charge in [0.1, 0.15) is 0 Å². The average Bonchev–Trinajstić information content (AvgIpc) is 3.02. The van der Waals surface area contributed by atoms with Gasteiger partial charge in [0.15, 0.2) is 5.69 Å². The molecule has 98 valence electrons. The van der Waals surface area contributed by atoms with E-state index in [1.165, 1.54) is 19.3 Å². The SMILES string of the molecule is NCCn1cc(C(=O)N2CC3CCCC3C2)nn1. The quantitative estimate of drug-likeness (QED) is 0.824. The molecule has 2 N–H and O–H groups in total. The molecule has 1 aromatic heterocycles. The number of carbonyl (C=O) groups is 1. The third kappa shape index (κ3) is 2.01. The number of likely N-dealkylation sites (tertiary alicyclic amines) is 1. The fourth-order valence-electron chi connectivity index (χ4n) is 3.20. The van der Waals surface area contributed by atoms with Crippen LogP contribution in [0.3, 0.4) is 0 Å². The van der Waals surface area contributed by atoms with Crippen LogP contribution >= 0.6 is 0 Å². The van der Waals surface area contributed by atoms with Crippen molar-refractivity contribution in [1.29, 1.82) is 0 Å². The molecule has 1 saturated heterocycles. The minimum atomic E-state index is 0.0210. The summed E-state index contributed by atoms with van der Waals surface area (Å²) in [6.45, 7) is 2.90. The van der Waals surface area contributed by atoms with Gasteiger partial charge in [0.2, 0.25) is 0 Å². The van der Waals surface area contributed by atoms with E-state index in [4.69, 9.17) is 5.73 Å². The summed E-state index contributed by atoms with van der Waals surface area (Å²) in [5, 5.41) is 7.85. The number of carbonyl (C=O) groups excluding carboxylic acids is 1. The molecule has 0 bridgehead atoms. The van der Waals surface area contributed by atoms with Crippen molar-refractivity contribution >= 4 is 5.91 Å². The first-order chi connectivity index (χ1) is 8.78. The molecule has 6 heteroatoms. The van der Waals surface area contributed by atoms with Crippen LogP contribution in [0.2, 0.25) is 0 Å². The van der Waals surface area contributed by atoms with E-state index < -0.39 is 0 Å². The molecule has 1 aromatic rings. The van der Waals surface area contributed by atoms with Crippen LogP contribution in [-0.4, -0.2) is 45.4 Å². The number of rotatable bonds is 3. The molecule has 6 nitrogen and oxygen atoms in total. The number of amides is 1. The summed E-state index contributed by atoms with van der Waals surface area (Å²) >= 11 is 0. The summed E-state index contributed by atoms with van der Waals surface area (Å²) in [7, 11) is 0. The first kappa shape index (κ1) is 11.6. The van der Waals surface area contributed by atoms with Gasteiger partial charge in [-0.05, 0) is 24.7 Å². The number of nitrogens with zero attached hydrogens (tertiary/aromatic N) is 4. The van der Waals surface area contributed by atoms with E-state index >= 15 is 0 Å². The average molecular weight is 249 g/mol. The molecule has 0 aromatic carbocycles. The molecule has 2 fully saturated rings. The van der Waals surface area contributed by atoms with Gasteiger partial charge in [0.25, 0.3) is 5.91 Å². The van der Waals surface area contributed by atoms with Gasteiger partial charge < -0.3 is 10.6 Å². The number of fused-ring (bicyclic) bond motifs is 1. The lowest BCUT2D eigenvalue weighted by molar-refractivity contribution is 0.0774. The highest BCUT2D eigenvalue weighted by Crippen LogP contribution is 2.37. The second kappa shape index (κ2) is 4.68. The predicted octanol–water partition coefficient (Wildman–Crippen LogP) is 0.109. The van der Waals surface area contributed by atoms with Crippen LogP contribution in [0.4, 0.5) is 0 Å². The zero-order valence-electron chi connectivity index (χ0n) is 10.5. The van der Waals surface area contributed by atoms with Crippen LogP contribution in [0, 0.1) is 11.8 Å². The minimum absolute atomic E-state index is 0.0210. The summed E-state index contributed by atoms with van der Waals surface area (Å²) < 4.78 is 1.63. The topological polar surface area (TPSA) is 77.0 Å². The molecule has 3 rings (SSSR count). The van der Waals surface area contributed by atoms with Gasteiger partial charge in [-0.1, -0.05) is 11.6 Å². The summed E-state index contributed by atoms with van der Waals surface area (Å²) in [5.41, 5.74) is 5.89. The molecule has 2 aliphatic rings. The molecule has 0 radical (unpaired) electrons. The largest absolute Gasteiger partial charge is 0.337 e. The normalized spacial score (nSPS) is 26.6. The highest BCUT2D eigenvalue weighted by atomic mass is 16.2. The number of hydrogen-bond donors (Lipinski definition) is 1. The van der Waals surface area contributed by atoms with E-state index in [9.17, 15) is 4.79 Å². The zero-order valence-corrected chi connectivity index (χ0v) is 10.5. The highest BCUT2D eigenvalue weighted by Gasteiger charge is 2.38. The smallest absolute Gasteiger partial charge is 0.276 e. The molecule has 1 aliphatic carbocycles. The zero-order chi connectivity index (χ0) is 12.5. The van der Waals surface area contributed by atoms with Crippen molar-refractivity contribution < 1.29 is 4.79 Å². The Morgan fingerprint density at radius 3 is 2.78 bits per heavy atom.